The summed E-state index contributed by atoms with van der Waals surface area (Å²) in [4.78, 5) is 0. The summed E-state index contributed by atoms with van der Waals surface area (Å²) in [6, 6.07) is 9.46. The van der Waals surface area contributed by atoms with E-state index in [4.69, 9.17) is 0 Å². The zero-order chi connectivity index (χ0) is 12.8. The van der Waals surface area contributed by atoms with Gasteiger partial charge in [-0.1, -0.05) is 51.0 Å². The van der Waals surface area contributed by atoms with Crippen LogP contribution in [0.5, 0.6) is 0 Å². The molecule has 2 rings (SSSR count). The minimum atomic E-state index is 0.569. The van der Waals surface area contributed by atoms with Crippen molar-refractivity contribution in [2.75, 3.05) is 12.3 Å². The molecule has 0 aliphatic carbocycles. The standard InChI is InChI=1S/C16H25NS/c1-13(2)7-5-6-10-17-16-12-18-11-14-8-3-4-9-15(14)16/h3-4,8-9,13,16-17H,5-7,10-12H2,1-2H3. The molecule has 1 atom stereocenters. The average Bonchev–Trinajstić information content (AvgIpc) is 2.38. The molecule has 1 aliphatic heterocycles. The summed E-state index contributed by atoms with van der Waals surface area (Å²) in [6.45, 7) is 5.77. The van der Waals surface area contributed by atoms with Gasteiger partial charge in [0.2, 0.25) is 0 Å². The highest BCUT2D eigenvalue weighted by Gasteiger charge is 2.18. The SMILES string of the molecule is CC(C)CCCCNC1CSCc2ccccc21. The monoisotopic (exact) mass is 263 g/mol. The highest BCUT2D eigenvalue weighted by molar-refractivity contribution is 7.98. The van der Waals surface area contributed by atoms with Crippen molar-refractivity contribution < 1.29 is 0 Å². The van der Waals surface area contributed by atoms with Gasteiger partial charge >= 0.3 is 0 Å². The van der Waals surface area contributed by atoms with E-state index in [2.05, 4.69) is 55.2 Å². The van der Waals surface area contributed by atoms with Crippen LogP contribution >= 0.6 is 11.8 Å². The fourth-order valence-electron chi connectivity index (χ4n) is 2.50. The van der Waals surface area contributed by atoms with Gasteiger partial charge in [-0.2, -0.15) is 11.8 Å². The van der Waals surface area contributed by atoms with E-state index >= 15 is 0 Å². The normalized spacial score (nSPS) is 18.9. The molecule has 0 fully saturated rings. The van der Waals surface area contributed by atoms with Crippen LogP contribution in [0.1, 0.15) is 50.3 Å². The summed E-state index contributed by atoms with van der Waals surface area (Å²) >= 11 is 2.05. The first-order valence-corrected chi connectivity index (χ1v) is 8.32. The van der Waals surface area contributed by atoms with Crippen LogP contribution < -0.4 is 5.32 Å². The molecule has 0 radical (unpaired) electrons. The lowest BCUT2D eigenvalue weighted by Gasteiger charge is -2.26. The van der Waals surface area contributed by atoms with Crippen molar-refractivity contribution in [3.8, 4) is 0 Å². The Bertz CT molecular complexity index is 362. The highest BCUT2D eigenvalue weighted by Crippen LogP contribution is 2.31. The van der Waals surface area contributed by atoms with E-state index < -0.39 is 0 Å². The van der Waals surface area contributed by atoms with Crippen LogP contribution in [0.4, 0.5) is 0 Å². The van der Waals surface area contributed by atoms with Gasteiger partial charge in [0.05, 0.1) is 0 Å². The first-order chi connectivity index (χ1) is 8.77. The third-order valence-corrected chi connectivity index (χ3v) is 4.66. The molecule has 2 heteroatoms. The number of rotatable bonds is 6. The fraction of sp³-hybridized carbons (Fsp3) is 0.625. The van der Waals surface area contributed by atoms with Gasteiger partial charge in [-0.15, -0.1) is 0 Å². The van der Waals surface area contributed by atoms with E-state index in [1.807, 2.05) is 0 Å². The molecule has 1 unspecified atom stereocenters. The zero-order valence-electron chi connectivity index (χ0n) is 11.6. The van der Waals surface area contributed by atoms with Crippen molar-refractivity contribution in [3.05, 3.63) is 35.4 Å². The summed E-state index contributed by atoms with van der Waals surface area (Å²) in [5.74, 6) is 3.25. The third kappa shape index (κ3) is 4.03. The molecule has 0 amide bonds. The van der Waals surface area contributed by atoms with Crippen molar-refractivity contribution in [2.45, 2.75) is 44.9 Å². The molecule has 1 heterocycles. The second-order valence-electron chi connectivity index (χ2n) is 5.61. The summed E-state index contributed by atoms with van der Waals surface area (Å²) in [5.41, 5.74) is 3.05. The minimum Gasteiger partial charge on any atom is -0.309 e. The molecule has 1 aromatic carbocycles. The molecule has 0 bridgehead atoms. The molecule has 0 spiro atoms. The van der Waals surface area contributed by atoms with Gasteiger partial charge in [-0.05, 0) is 30.0 Å². The predicted molar refractivity (Wildman–Crippen MR) is 82.0 cm³/mol. The van der Waals surface area contributed by atoms with Crippen LogP contribution in [-0.2, 0) is 5.75 Å². The van der Waals surface area contributed by atoms with Crippen LogP contribution in [0.25, 0.3) is 0 Å². The number of hydrogen-bond acceptors (Lipinski definition) is 2. The molecule has 0 saturated carbocycles. The second-order valence-corrected chi connectivity index (χ2v) is 6.64. The van der Waals surface area contributed by atoms with Gasteiger partial charge in [-0.3, -0.25) is 0 Å². The van der Waals surface area contributed by atoms with Gasteiger partial charge in [0.1, 0.15) is 0 Å². The van der Waals surface area contributed by atoms with Crippen LogP contribution in [-0.4, -0.2) is 12.3 Å². The number of unbranched alkanes of at least 4 members (excludes halogenated alkanes) is 1. The van der Waals surface area contributed by atoms with E-state index in [1.165, 1.54) is 41.9 Å². The van der Waals surface area contributed by atoms with Gasteiger partial charge in [0.15, 0.2) is 0 Å². The maximum atomic E-state index is 3.73. The molecule has 18 heavy (non-hydrogen) atoms. The van der Waals surface area contributed by atoms with E-state index in [9.17, 15) is 0 Å². The number of thioether (sulfide) groups is 1. The van der Waals surface area contributed by atoms with E-state index in [0.29, 0.717) is 6.04 Å². The lowest BCUT2D eigenvalue weighted by atomic mass is 10.0. The first-order valence-electron chi connectivity index (χ1n) is 7.16. The molecule has 0 saturated heterocycles. The van der Waals surface area contributed by atoms with E-state index in [0.717, 1.165) is 12.5 Å². The van der Waals surface area contributed by atoms with Crippen LogP contribution in [0, 0.1) is 5.92 Å². The molecule has 1 aromatic rings. The van der Waals surface area contributed by atoms with Gasteiger partial charge in [0, 0.05) is 17.5 Å². The van der Waals surface area contributed by atoms with E-state index in [1.54, 1.807) is 0 Å². The van der Waals surface area contributed by atoms with Crippen molar-refractivity contribution in [3.63, 3.8) is 0 Å². The van der Waals surface area contributed by atoms with Crippen LogP contribution in [0.3, 0.4) is 0 Å². The Hall–Kier alpha value is -0.470. The van der Waals surface area contributed by atoms with Crippen molar-refractivity contribution in [1.82, 2.24) is 5.32 Å². The van der Waals surface area contributed by atoms with Crippen LogP contribution in [0.2, 0.25) is 0 Å². The summed E-state index contributed by atoms with van der Waals surface area (Å²) in [6.07, 6.45) is 4.02. The number of hydrogen-bond donors (Lipinski definition) is 1. The van der Waals surface area contributed by atoms with Crippen molar-refractivity contribution in [2.24, 2.45) is 5.92 Å². The summed E-state index contributed by atoms with van der Waals surface area (Å²) in [7, 11) is 0. The summed E-state index contributed by atoms with van der Waals surface area (Å²) in [5, 5.41) is 3.73. The Kier molecular flexibility index (Phi) is 5.58. The number of benzene rings is 1. The molecular weight excluding hydrogens is 238 g/mol. The quantitative estimate of drug-likeness (QED) is 0.764. The van der Waals surface area contributed by atoms with Gasteiger partial charge < -0.3 is 5.32 Å². The van der Waals surface area contributed by atoms with Crippen LogP contribution in [0.15, 0.2) is 24.3 Å². The smallest absolute Gasteiger partial charge is 0.0415 e. The molecular formula is C16H25NS. The molecule has 1 aliphatic rings. The van der Waals surface area contributed by atoms with E-state index in [-0.39, 0.29) is 0 Å². The molecule has 1 N–H and O–H groups in total. The Labute approximate surface area is 116 Å². The predicted octanol–water partition coefficient (Wildman–Crippen LogP) is 4.39. The zero-order valence-corrected chi connectivity index (χ0v) is 12.4. The van der Waals surface area contributed by atoms with Gasteiger partial charge in [-0.25, -0.2) is 0 Å². The lowest BCUT2D eigenvalue weighted by Crippen LogP contribution is -2.27. The Morgan fingerprint density at radius 1 is 1.28 bits per heavy atom. The Morgan fingerprint density at radius 3 is 2.94 bits per heavy atom. The number of fused-ring (bicyclic) bond motifs is 1. The highest BCUT2D eigenvalue weighted by atomic mass is 32.2. The van der Waals surface area contributed by atoms with Crippen molar-refractivity contribution in [1.29, 1.82) is 0 Å². The molecule has 100 valence electrons. The average molecular weight is 263 g/mol. The first kappa shape index (κ1) is 14.0. The van der Waals surface area contributed by atoms with Crippen molar-refractivity contribution >= 4 is 11.8 Å². The maximum Gasteiger partial charge on any atom is 0.0415 e. The summed E-state index contributed by atoms with van der Waals surface area (Å²) < 4.78 is 0. The second kappa shape index (κ2) is 7.20. The third-order valence-electron chi connectivity index (χ3n) is 3.57. The minimum absolute atomic E-state index is 0.569. The molecule has 1 nitrogen and oxygen atoms in total. The Morgan fingerprint density at radius 2 is 2.11 bits per heavy atom. The fourth-order valence-corrected chi connectivity index (χ4v) is 3.64. The topological polar surface area (TPSA) is 12.0 Å². The number of nitrogens with one attached hydrogen (secondary N) is 1. The maximum absolute atomic E-state index is 3.73. The molecule has 0 aromatic heterocycles. The Balaban J connectivity index is 1.77. The largest absolute Gasteiger partial charge is 0.309 e. The van der Waals surface area contributed by atoms with Gasteiger partial charge in [0.25, 0.3) is 0 Å². The lowest BCUT2D eigenvalue weighted by molar-refractivity contribution is 0.498.